The van der Waals surface area contributed by atoms with Crippen LogP contribution in [0.25, 0.3) is 43.1 Å². The molecule has 0 aliphatic carbocycles. The zero-order valence-corrected chi connectivity index (χ0v) is 24.1. The van der Waals surface area contributed by atoms with Crippen molar-refractivity contribution < 1.29 is 26.2 Å². The molecular formula is C32H32SiZr. The molecule has 0 aromatic heterocycles. The van der Waals surface area contributed by atoms with Gasteiger partial charge >= 0.3 is 26.2 Å². The van der Waals surface area contributed by atoms with Gasteiger partial charge in [-0.3, -0.25) is 0 Å². The van der Waals surface area contributed by atoms with Crippen LogP contribution in [0.4, 0.5) is 0 Å². The molecule has 6 rings (SSSR count). The second-order valence-corrected chi connectivity index (χ2v) is 12.9. The van der Waals surface area contributed by atoms with Crippen molar-refractivity contribution in [3.63, 3.8) is 0 Å². The fraction of sp³-hybridized carbons (Fsp3) is 0.125. The van der Waals surface area contributed by atoms with Crippen molar-refractivity contribution >= 4 is 61.5 Å². The van der Waals surface area contributed by atoms with Crippen LogP contribution < -0.4 is 10.4 Å². The van der Waals surface area contributed by atoms with Gasteiger partial charge in [0.05, 0.1) is 0 Å². The van der Waals surface area contributed by atoms with Crippen molar-refractivity contribution in [2.75, 3.05) is 0 Å². The average Bonchev–Trinajstić information content (AvgIpc) is 3.44. The molecule has 0 bridgehead atoms. The molecule has 0 saturated carbocycles. The van der Waals surface area contributed by atoms with Crippen LogP contribution in [-0.4, -0.2) is 8.07 Å². The van der Waals surface area contributed by atoms with Crippen LogP contribution in [-0.2, 0) is 26.2 Å². The van der Waals surface area contributed by atoms with Crippen LogP contribution in [0.15, 0.2) is 97.1 Å². The minimum Gasteiger partial charge on any atom is -0.346 e. The predicted molar refractivity (Wildman–Crippen MR) is 153 cm³/mol. The maximum Gasteiger partial charge on any atom is 4.00 e. The molecule has 0 heterocycles. The van der Waals surface area contributed by atoms with Crippen molar-refractivity contribution in [3.8, 4) is 0 Å². The molecule has 0 aliphatic heterocycles. The first-order chi connectivity index (χ1) is 16.1. The summed E-state index contributed by atoms with van der Waals surface area (Å²) < 4.78 is 0. The molecule has 0 unspecified atom stereocenters. The van der Waals surface area contributed by atoms with Gasteiger partial charge in [0.1, 0.15) is 0 Å². The summed E-state index contributed by atoms with van der Waals surface area (Å²) in [5.41, 5.74) is 0. The second-order valence-electron chi connectivity index (χ2n) is 8.62. The van der Waals surface area contributed by atoms with Crippen molar-refractivity contribution in [1.29, 1.82) is 0 Å². The largest absolute Gasteiger partial charge is 4.00 e. The fourth-order valence-corrected chi connectivity index (χ4v) is 8.27. The van der Waals surface area contributed by atoms with Crippen molar-refractivity contribution in [2.45, 2.75) is 26.9 Å². The molecule has 0 amide bonds. The molecule has 0 saturated heterocycles. The van der Waals surface area contributed by atoms with Gasteiger partial charge in [-0.25, -0.2) is 0 Å². The molecule has 0 nitrogen and oxygen atoms in total. The first kappa shape index (κ1) is 26.3. The first-order valence-corrected chi connectivity index (χ1v) is 14.7. The number of benzene rings is 4. The number of rotatable bonds is 2. The molecule has 168 valence electrons. The molecular weight excluding hydrogens is 504 g/mol. The van der Waals surface area contributed by atoms with Gasteiger partial charge in [0.15, 0.2) is 0 Å². The Hall–Kier alpha value is -2.28. The average molecular weight is 536 g/mol. The van der Waals surface area contributed by atoms with Crippen molar-refractivity contribution in [1.82, 2.24) is 0 Å². The molecule has 0 N–H and O–H groups in total. The fourth-order valence-electron chi connectivity index (χ4n) is 5.19. The van der Waals surface area contributed by atoms with E-state index < -0.39 is 8.07 Å². The molecule has 34 heavy (non-hydrogen) atoms. The van der Waals surface area contributed by atoms with E-state index in [1.54, 1.807) is 13.8 Å². The zero-order chi connectivity index (χ0) is 23.6. The first-order valence-electron chi connectivity index (χ1n) is 11.7. The van der Waals surface area contributed by atoms with E-state index in [1.807, 2.05) is 0 Å². The van der Waals surface area contributed by atoms with Crippen LogP contribution >= 0.6 is 0 Å². The maximum atomic E-state index is 3.25. The van der Waals surface area contributed by atoms with E-state index in [0.29, 0.717) is 0 Å². The molecule has 6 aromatic rings. The minimum absolute atomic E-state index is 0. The van der Waals surface area contributed by atoms with Gasteiger partial charge in [0, 0.05) is 8.07 Å². The van der Waals surface area contributed by atoms with Crippen LogP contribution in [0.5, 0.6) is 0 Å². The third-order valence-electron chi connectivity index (χ3n) is 6.66. The summed E-state index contributed by atoms with van der Waals surface area (Å²) in [6, 6.07) is 36.1. The molecule has 0 spiro atoms. The van der Waals surface area contributed by atoms with E-state index in [-0.39, 0.29) is 26.2 Å². The smallest absolute Gasteiger partial charge is 0.346 e. The van der Waals surface area contributed by atoms with Gasteiger partial charge in [-0.1, -0.05) is 85.9 Å². The number of hydrogen-bond acceptors (Lipinski definition) is 0. The Labute approximate surface area is 224 Å². The van der Waals surface area contributed by atoms with Crippen LogP contribution in [0.3, 0.4) is 0 Å². The SMILES string of the molecule is C[Si](C)(c1cccc2c1[cH-]c1ccccc12)c1cccc2c1[cH-]c1ccccc12.[CH2-]C.[CH2-]C.[Zr+4]. The summed E-state index contributed by atoms with van der Waals surface area (Å²) in [5, 5.41) is 14.1. The Morgan fingerprint density at radius 3 is 1.26 bits per heavy atom. The van der Waals surface area contributed by atoms with E-state index >= 15 is 0 Å². The standard InChI is InChI=1S/C28H22Si.2C2H5.Zr/c1-29(2,27-15-7-13-23-21-11-5-3-9-19(21)17-25(23)27)28-16-8-14-24-22-12-6-4-10-20(22)18-26(24)28;2*1-2;/h3-18H,1-2H3;2*1H2,2H3;/q-2;2*-1;+4. The minimum atomic E-state index is -1.91. The summed E-state index contributed by atoms with van der Waals surface area (Å²) in [6.07, 6.45) is 0. The van der Waals surface area contributed by atoms with Gasteiger partial charge in [-0.15, -0.1) is 77.7 Å². The molecule has 2 heteroatoms. The monoisotopic (exact) mass is 534 g/mol. The summed E-state index contributed by atoms with van der Waals surface area (Å²) >= 11 is 0. The number of fused-ring (bicyclic) bond motifs is 6. The third kappa shape index (κ3) is 4.28. The second kappa shape index (κ2) is 11.0. The zero-order valence-electron chi connectivity index (χ0n) is 20.7. The van der Waals surface area contributed by atoms with Gasteiger partial charge < -0.3 is 13.8 Å². The van der Waals surface area contributed by atoms with Crippen molar-refractivity contribution in [3.05, 3.63) is 111 Å². The summed E-state index contributed by atoms with van der Waals surface area (Å²) in [5.74, 6) is 0. The molecule has 0 fully saturated rings. The molecule has 0 aliphatic rings. The topological polar surface area (TPSA) is 0 Å². The third-order valence-corrected chi connectivity index (χ3v) is 10.2. The summed E-state index contributed by atoms with van der Waals surface area (Å²) in [4.78, 5) is 0. The quantitative estimate of drug-likeness (QED) is 0.155. The Balaban J connectivity index is 0.000000618. The van der Waals surface area contributed by atoms with Gasteiger partial charge in [-0.2, -0.15) is 13.8 Å². The maximum absolute atomic E-state index is 3.25. The van der Waals surface area contributed by atoms with Crippen LogP contribution in [0.1, 0.15) is 13.8 Å². The molecule has 0 radical (unpaired) electrons. The Morgan fingerprint density at radius 2 is 0.853 bits per heavy atom. The van der Waals surface area contributed by atoms with E-state index in [1.165, 1.54) is 53.5 Å². The summed E-state index contributed by atoms with van der Waals surface area (Å²) in [7, 11) is -1.91. The Morgan fingerprint density at radius 1 is 0.500 bits per heavy atom. The summed E-state index contributed by atoms with van der Waals surface area (Å²) in [6.45, 7) is 15.0. The number of hydrogen-bond donors (Lipinski definition) is 0. The Kier molecular flexibility index (Phi) is 8.50. The van der Waals surface area contributed by atoms with E-state index in [9.17, 15) is 0 Å². The van der Waals surface area contributed by atoms with Crippen molar-refractivity contribution in [2.24, 2.45) is 0 Å². The van der Waals surface area contributed by atoms with Crippen LogP contribution in [0, 0.1) is 13.8 Å². The molecule has 6 aromatic carbocycles. The normalized spacial score (nSPS) is 11.0. The van der Waals surface area contributed by atoms with Gasteiger partial charge in [0.25, 0.3) is 0 Å². The van der Waals surface area contributed by atoms with E-state index in [2.05, 4.69) is 124 Å². The van der Waals surface area contributed by atoms with E-state index in [4.69, 9.17) is 0 Å². The van der Waals surface area contributed by atoms with Crippen LogP contribution in [0.2, 0.25) is 13.1 Å². The van der Waals surface area contributed by atoms with Gasteiger partial charge in [-0.05, 0) is 0 Å². The predicted octanol–water partition coefficient (Wildman–Crippen LogP) is 8.24. The van der Waals surface area contributed by atoms with Gasteiger partial charge in [0.2, 0.25) is 0 Å². The Bertz CT molecular complexity index is 1420. The van der Waals surface area contributed by atoms with E-state index in [0.717, 1.165) is 0 Å². The molecule has 0 atom stereocenters.